The fourth-order valence-corrected chi connectivity index (χ4v) is 1.46. The summed E-state index contributed by atoms with van der Waals surface area (Å²) in [7, 11) is 2.03. The smallest absolute Gasteiger partial charge is 0.243 e. The molecule has 6 nitrogen and oxygen atoms in total. The minimum Gasteiger partial charge on any atom is -0.542 e. The van der Waals surface area contributed by atoms with Gasteiger partial charge >= 0.3 is 0 Å². The molecule has 0 unspecified atom stereocenters. The van der Waals surface area contributed by atoms with Gasteiger partial charge < -0.3 is 19.4 Å². The van der Waals surface area contributed by atoms with E-state index in [0.29, 0.717) is 0 Å². The quantitative estimate of drug-likeness (QED) is 0.781. The van der Waals surface area contributed by atoms with Gasteiger partial charge in [-0.15, -0.1) is 0 Å². The van der Waals surface area contributed by atoms with Crippen molar-refractivity contribution >= 4 is 5.97 Å². The number of carbonyl (C=O) groups excluding carboxylic acids is 1. The summed E-state index contributed by atoms with van der Waals surface area (Å²) in [6, 6.07) is 2.62. The molecule has 104 valence electrons. The minimum absolute atomic E-state index is 0.221. The Morgan fingerprint density at radius 1 is 1.53 bits per heavy atom. The first-order valence-corrected chi connectivity index (χ1v) is 5.98. The molecule has 0 saturated heterocycles. The highest BCUT2D eigenvalue weighted by Crippen LogP contribution is 2.05. The van der Waals surface area contributed by atoms with Crippen LogP contribution in [0, 0.1) is 0 Å². The first-order valence-electron chi connectivity index (χ1n) is 5.98. The number of aliphatic hydroxyl groups excluding tert-OH is 1. The molecule has 6 heteroatoms. The first-order chi connectivity index (χ1) is 9.06. The SMILES string of the molecule is CCCn1cc[n+](C)c1.O=C([O-])c1ccc(CO)o1. The highest BCUT2D eigenvalue weighted by Gasteiger charge is 1.99. The average molecular weight is 266 g/mol. The maximum atomic E-state index is 10.0. The largest absolute Gasteiger partial charge is 0.542 e. The lowest BCUT2D eigenvalue weighted by Gasteiger charge is -1.93. The highest BCUT2D eigenvalue weighted by molar-refractivity contribution is 5.82. The van der Waals surface area contributed by atoms with Crippen molar-refractivity contribution in [2.45, 2.75) is 26.5 Å². The van der Waals surface area contributed by atoms with Crippen molar-refractivity contribution in [2.24, 2.45) is 7.05 Å². The van der Waals surface area contributed by atoms with Crippen molar-refractivity contribution in [1.29, 1.82) is 0 Å². The summed E-state index contributed by atoms with van der Waals surface area (Å²) in [5.41, 5.74) is 0. The molecule has 0 aromatic carbocycles. The molecule has 2 aromatic heterocycles. The molecule has 0 radical (unpaired) electrons. The van der Waals surface area contributed by atoms with E-state index < -0.39 is 5.97 Å². The Kier molecular flexibility index (Phi) is 5.81. The van der Waals surface area contributed by atoms with E-state index in [-0.39, 0.29) is 18.1 Å². The minimum atomic E-state index is -1.38. The number of carboxylic acid groups (broad SMARTS) is 1. The van der Waals surface area contributed by atoms with Gasteiger partial charge in [-0.1, -0.05) is 6.92 Å². The predicted molar refractivity (Wildman–Crippen MR) is 64.9 cm³/mol. The van der Waals surface area contributed by atoms with Gasteiger partial charge in [0, 0.05) is 0 Å². The third-order valence-corrected chi connectivity index (χ3v) is 2.32. The molecular formula is C13H18N2O4. The first kappa shape index (κ1) is 15.0. The Morgan fingerprint density at radius 3 is 2.63 bits per heavy atom. The molecule has 2 rings (SSSR count). The molecule has 2 aromatic rings. The van der Waals surface area contributed by atoms with Crippen LogP contribution in [0.2, 0.25) is 0 Å². The lowest BCUT2D eigenvalue weighted by molar-refractivity contribution is -0.671. The molecule has 0 atom stereocenters. The Bertz CT molecular complexity index is 516. The predicted octanol–water partition coefficient (Wildman–Crippen LogP) is -0.142. The van der Waals surface area contributed by atoms with E-state index >= 15 is 0 Å². The lowest BCUT2D eigenvalue weighted by Crippen LogP contribution is -2.23. The van der Waals surface area contributed by atoms with Crippen LogP contribution in [0.15, 0.2) is 35.3 Å². The number of hydrogen-bond acceptors (Lipinski definition) is 4. The number of carboxylic acids is 1. The van der Waals surface area contributed by atoms with Crippen molar-refractivity contribution in [2.75, 3.05) is 0 Å². The second kappa shape index (κ2) is 7.38. The summed E-state index contributed by atoms with van der Waals surface area (Å²) in [4.78, 5) is 10.0. The summed E-state index contributed by atoms with van der Waals surface area (Å²) in [5, 5.41) is 18.5. The molecule has 1 N–H and O–H groups in total. The summed E-state index contributed by atoms with van der Waals surface area (Å²) >= 11 is 0. The fourth-order valence-electron chi connectivity index (χ4n) is 1.46. The van der Waals surface area contributed by atoms with Crippen LogP contribution in [0.5, 0.6) is 0 Å². The van der Waals surface area contributed by atoms with Crippen LogP contribution in [0.4, 0.5) is 0 Å². The van der Waals surface area contributed by atoms with Crippen LogP contribution in [0.1, 0.15) is 29.7 Å². The number of furan rings is 1. The van der Waals surface area contributed by atoms with Gasteiger partial charge in [0.1, 0.15) is 36.5 Å². The van der Waals surface area contributed by atoms with Gasteiger partial charge in [-0.2, -0.15) is 0 Å². The number of carbonyl (C=O) groups is 1. The van der Waals surface area contributed by atoms with Gasteiger partial charge in [-0.05, 0) is 18.6 Å². The Labute approximate surface area is 111 Å². The van der Waals surface area contributed by atoms with Gasteiger partial charge in [0.15, 0.2) is 0 Å². The van der Waals surface area contributed by atoms with Crippen LogP contribution < -0.4 is 9.67 Å². The third-order valence-electron chi connectivity index (χ3n) is 2.32. The molecule has 0 bridgehead atoms. The molecule has 19 heavy (non-hydrogen) atoms. The van der Waals surface area contributed by atoms with Crippen molar-refractivity contribution < 1.29 is 24.0 Å². The summed E-state index contributed by atoms with van der Waals surface area (Å²) < 4.78 is 8.81. The second-order valence-electron chi connectivity index (χ2n) is 4.03. The van der Waals surface area contributed by atoms with Crippen LogP contribution in [0.3, 0.4) is 0 Å². The number of aryl methyl sites for hydroxylation is 2. The zero-order chi connectivity index (χ0) is 14.3. The Morgan fingerprint density at radius 2 is 2.26 bits per heavy atom. The lowest BCUT2D eigenvalue weighted by atomic mass is 10.4. The summed E-state index contributed by atoms with van der Waals surface area (Å²) in [6.07, 6.45) is 7.43. The topological polar surface area (TPSA) is 82.3 Å². The van der Waals surface area contributed by atoms with Gasteiger partial charge in [0.25, 0.3) is 0 Å². The monoisotopic (exact) mass is 266 g/mol. The van der Waals surface area contributed by atoms with E-state index in [2.05, 4.69) is 39.2 Å². The van der Waals surface area contributed by atoms with Gasteiger partial charge in [-0.3, -0.25) is 0 Å². The van der Waals surface area contributed by atoms with Crippen LogP contribution >= 0.6 is 0 Å². The van der Waals surface area contributed by atoms with Crippen molar-refractivity contribution in [1.82, 2.24) is 4.57 Å². The van der Waals surface area contributed by atoms with E-state index in [1.54, 1.807) is 0 Å². The molecular weight excluding hydrogens is 248 g/mol. The zero-order valence-electron chi connectivity index (χ0n) is 11.1. The number of imidazole rings is 1. The van der Waals surface area contributed by atoms with E-state index in [9.17, 15) is 9.90 Å². The van der Waals surface area contributed by atoms with Gasteiger partial charge in [0.05, 0.1) is 13.6 Å². The normalized spacial score (nSPS) is 9.84. The van der Waals surface area contributed by atoms with Gasteiger partial charge in [0.2, 0.25) is 6.33 Å². The zero-order valence-corrected chi connectivity index (χ0v) is 11.1. The van der Waals surface area contributed by atoms with E-state index in [1.165, 1.54) is 18.6 Å². The molecule has 0 aliphatic heterocycles. The van der Waals surface area contributed by atoms with Crippen molar-refractivity contribution in [3.63, 3.8) is 0 Å². The van der Waals surface area contributed by atoms with Crippen LogP contribution in [-0.2, 0) is 20.2 Å². The highest BCUT2D eigenvalue weighted by atomic mass is 16.4. The number of aliphatic hydroxyl groups is 1. The van der Waals surface area contributed by atoms with Crippen LogP contribution in [-0.4, -0.2) is 15.6 Å². The van der Waals surface area contributed by atoms with Gasteiger partial charge in [-0.25, -0.2) is 9.13 Å². The molecule has 0 saturated carbocycles. The molecule has 0 aliphatic rings. The number of nitrogens with zero attached hydrogens (tertiary/aromatic N) is 2. The second-order valence-corrected chi connectivity index (χ2v) is 4.03. The number of hydrogen-bond donors (Lipinski definition) is 1. The van der Waals surface area contributed by atoms with Crippen LogP contribution in [0.25, 0.3) is 0 Å². The van der Waals surface area contributed by atoms with E-state index in [1.807, 2.05) is 7.05 Å². The molecule has 0 aliphatic carbocycles. The van der Waals surface area contributed by atoms with Crippen molar-refractivity contribution in [3.05, 3.63) is 42.4 Å². The molecule has 0 fully saturated rings. The Hall–Kier alpha value is -2.08. The standard InChI is InChI=1S/C7H13N2.C6H6O4/c1-3-4-9-6-5-8(2)7-9;7-3-4-1-2-5(10-4)6(8)9/h5-7H,3-4H2,1-2H3;1-2,7H,3H2,(H,8,9)/q+1;/p-1. The van der Waals surface area contributed by atoms with E-state index in [4.69, 9.17) is 5.11 Å². The summed E-state index contributed by atoms with van der Waals surface area (Å²) in [6.45, 7) is 3.01. The molecule has 0 amide bonds. The molecule has 2 heterocycles. The molecule has 0 spiro atoms. The number of rotatable bonds is 4. The average Bonchev–Trinajstić information content (AvgIpc) is 2.99. The van der Waals surface area contributed by atoms with E-state index in [0.717, 1.165) is 6.54 Å². The van der Waals surface area contributed by atoms with Crippen molar-refractivity contribution in [3.8, 4) is 0 Å². The summed E-state index contributed by atoms with van der Waals surface area (Å²) in [5.74, 6) is -1.41. The fraction of sp³-hybridized carbons (Fsp3) is 0.385. The number of aromatic carboxylic acids is 1. The Balaban J connectivity index is 0.000000191. The maximum Gasteiger partial charge on any atom is 0.243 e. The third kappa shape index (κ3) is 4.97. The maximum absolute atomic E-state index is 10.0. The number of aromatic nitrogens is 2.